The number of rotatable bonds is 4. The fourth-order valence-corrected chi connectivity index (χ4v) is 5.36. The summed E-state index contributed by atoms with van der Waals surface area (Å²) < 4.78 is 0. The van der Waals surface area contributed by atoms with Crippen molar-refractivity contribution in [2.45, 2.75) is 51.0 Å². The number of urea groups is 1. The Balaban J connectivity index is 1.35. The van der Waals surface area contributed by atoms with E-state index in [9.17, 15) is 4.79 Å². The van der Waals surface area contributed by atoms with Gasteiger partial charge in [-0.25, -0.2) is 14.8 Å². The molecule has 2 amide bonds. The number of aryl methyl sites for hydroxylation is 1. The van der Waals surface area contributed by atoms with Gasteiger partial charge in [-0.1, -0.05) is 6.92 Å². The molecule has 5 rings (SSSR count). The Labute approximate surface area is 143 Å². The molecule has 4 bridgehead atoms. The first-order chi connectivity index (χ1) is 11.6. The van der Waals surface area contributed by atoms with Gasteiger partial charge in [-0.15, -0.1) is 0 Å². The van der Waals surface area contributed by atoms with E-state index < -0.39 is 0 Å². The van der Waals surface area contributed by atoms with Crippen LogP contribution < -0.4 is 16.4 Å². The lowest BCUT2D eigenvalue weighted by atomic mass is 9.49. The first-order valence-electron chi connectivity index (χ1n) is 9.21. The summed E-state index contributed by atoms with van der Waals surface area (Å²) in [5.41, 5.74) is 7.19. The zero-order chi connectivity index (χ0) is 16.7. The van der Waals surface area contributed by atoms with Crippen LogP contribution in [0.4, 0.5) is 10.5 Å². The maximum atomic E-state index is 12.2. The smallest absolute Gasteiger partial charge is 0.319 e. The van der Waals surface area contributed by atoms with E-state index in [0.717, 1.165) is 24.1 Å². The summed E-state index contributed by atoms with van der Waals surface area (Å²) in [6, 6.07) is -0.221. The molecule has 4 aliphatic rings. The van der Waals surface area contributed by atoms with Gasteiger partial charge in [-0.2, -0.15) is 0 Å². The fraction of sp³-hybridized carbons (Fsp3) is 0.722. The van der Waals surface area contributed by atoms with E-state index in [1.54, 1.807) is 12.4 Å². The Morgan fingerprint density at radius 2 is 1.75 bits per heavy atom. The van der Waals surface area contributed by atoms with E-state index in [0.29, 0.717) is 24.1 Å². The summed E-state index contributed by atoms with van der Waals surface area (Å²) in [6.45, 7) is 2.56. The minimum absolute atomic E-state index is 0.221. The van der Waals surface area contributed by atoms with Crippen molar-refractivity contribution in [2.24, 2.45) is 29.4 Å². The summed E-state index contributed by atoms with van der Waals surface area (Å²) in [5.74, 6) is 3.68. The van der Waals surface area contributed by atoms with Crippen LogP contribution in [-0.4, -0.2) is 28.1 Å². The van der Waals surface area contributed by atoms with Crippen molar-refractivity contribution >= 4 is 11.7 Å². The molecule has 6 heteroatoms. The number of carbonyl (C=O) groups excluding carboxylic acids is 1. The second-order valence-electron chi connectivity index (χ2n) is 7.97. The molecule has 6 nitrogen and oxygen atoms in total. The average molecular weight is 329 g/mol. The van der Waals surface area contributed by atoms with Gasteiger partial charge >= 0.3 is 6.03 Å². The highest BCUT2D eigenvalue weighted by molar-refractivity contribution is 5.88. The maximum Gasteiger partial charge on any atom is 0.319 e. The monoisotopic (exact) mass is 329 g/mol. The molecular weight excluding hydrogens is 302 g/mol. The molecular formula is C18H27N5O. The fourth-order valence-electron chi connectivity index (χ4n) is 5.36. The van der Waals surface area contributed by atoms with Crippen molar-refractivity contribution < 1.29 is 4.79 Å². The number of anilines is 1. The van der Waals surface area contributed by atoms with Crippen molar-refractivity contribution in [3.05, 3.63) is 18.2 Å². The van der Waals surface area contributed by atoms with Crippen LogP contribution in [0.5, 0.6) is 0 Å². The second-order valence-corrected chi connectivity index (χ2v) is 7.97. The van der Waals surface area contributed by atoms with Gasteiger partial charge in [0.25, 0.3) is 0 Å². The van der Waals surface area contributed by atoms with E-state index in [-0.39, 0.29) is 11.6 Å². The highest BCUT2D eigenvalue weighted by Crippen LogP contribution is 2.57. The van der Waals surface area contributed by atoms with Gasteiger partial charge < -0.3 is 16.4 Å². The molecule has 1 heterocycles. The van der Waals surface area contributed by atoms with Crippen LogP contribution in [0, 0.1) is 23.7 Å². The Hall–Kier alpha value is -1.69. The van der Waals surface area contributed by atoms with Crippen LogP contribution in [0.15, 0.2) is 12.4 Å². The molecule has 0 radical (unpaired) electrons. The summed E-state index contributed by atoms with van der Waals surface area (Å²) >= 11 is 0. The summed E-state index contributed by atoms with van der Waals surface area (Å²) in [4.78, 5) is 20.6. The molecule has 4 aliphatic carbocycles. The first kappa shape index (κ1) is 15.8. The lowest BCUT2D eigenvalue weighted by Gasteiger charge is -2.59. The Morgan fingerprint density at radius 3 is 2.29 bits per heavy atom. The maximum absolute atomic E-state index is 12.2. The molecule has 0 atom stereocenters. The predicted molar refractivity (Wildman–Crippen MR) is 92.4 cm³/mol. The molecule has 4 fully saturated rings. The van der Waals surface area contributed by atoms with Crippen molar-refractivity contribution in [2.75, 3.05) is 11.9 Å². The standard InChI is InChI=1S/C18H27N5O/c1-2-16-20-8-15(9-21-16)23-17(24)22-10-18(19)13-4-11-3-12(6-13)7-14(18)5-11/h8-9,11-14H,2-7,10,19H2,1H3,(H2,22,23,24). The number of carbonyl (C=O) groups is 1. The topological polar surface area (TPSA) is 92.9 Å². The number of nitrogens with zero attached hydrogens (tertiary/aromatic N) is 2. The van der Waals surface area contributed by atoms with Gasteiger partial charge in [0, 0.05) is 18.5 Å². The van der Waals surface area contributed by atoms with Gasteiger partial charge in [0.15, 0.2) is 0 Å². The number of hydrogen-bond donors (Lipinski definition) is 3. The van der Waals surface area contributed by atoms with Gasteiger partial charge in [0.2, 0.25) is 0 Å². The van der Waals surface area contributed by atoms with Crippen molar-refractivity contribution in [3.63, 3.8) is 0 Å². The van der Waals surface area contributed by atoms with Gasteiger partial charge in [0.1, 0.15) is 5.82 Å². The molecule has 0 spiro atoms. The third-order valence-electron chi connectivity index (χ3n) is 6.49. The van der Waals surface area contributed by atoms with Crippen LogP contribution in [0.1, 0.15) is 44.9 Å². The normalized spacial score (nSPS) is 36.6. The van der Waals surface area contributed by atoms with E-state index in [2.05, 4.69) is 20.6 Å². The highest BCUT2D eigenvalue weighted by Gasteiger charge is 2.55. The molecule has 24 heavy (non-hydrogen) atoms. The van der Waals surface area contributed by atoms with Gasteiger partial charge in [-0.3, -0.25) is 0 Å². The van der Waals surface area contributed by atoms with Crippen LogP contribution in [0.2, 0.25) is 0 Å². The molecule has 130 valence electrons. The summed E-state index contributed by atoms with van der Waals surface area (Å²) in [7, 11) is 0. The summed E-state index contributed by atoms with van der Waals surface area (Å²) in [5, 5.41) is 5.80. The van der Waals surface area contributed by atoms with E-state index in [4.69, 9.17) is 5.73 Å². The average Bonchev–Trinajstić information content (AvgIpc) is 2.58. The first-order valence-corrected chi connectivity index (χ1v) is 9.21. The molecule has 0 aromatic carbocycles. The molecule has 4 N–H and O–H groups in total. The molecule has 0 unspecified atom stereocenters. The number of amides is 2. The van der Waals surface area contributed by atoms with Crippen LogP contribution in [-0.2, 0) is 6.42 Å². The van der Waals surface area contributed by atoms with Gasteiger partial charge in [-0.05, 0) is 55.8 Å². The number of nitrogens with two attached hydrogens (primary N) is 1. The molecule has 0 aliphatic heterocycles. The Morgan fingerprint density at radius 1 is 1.17 bits per heavy atom. The zero-order valence-electron chi connectivity index (χ0n) is 14.3. The molecule has 4 saturated carbocycles. The zero-order valence-corrected chi connectivity index (χ0v) is 14.3. The molecule has 1 aromatic heterocycles. The lowest BCUT2D eigenvalue weighted by Crippen LogP contribution is -2.67. The number of nitrogens with one attached hydrogen (secondary N) is 2. The largest absolute Gasteiger partial charge is 0.336 e. The van der Waals surface area contributed by atoms with E-state index in [1.807, 2.05) is 6.92 Å². The highest BCUT2D eigenvalue weighted by atomic mass is 16.2. The quantitative estimate of drug-likeness (QED) is 0.790. The Kier molecular flexibility index (Phi) is 3.95. The number of aromatic nitrogens is 2. The Bertz CT molecular complexity index is 586. The van der Waals surface area contributed by atoms with Gasteiger partial charge in [0.05, 0.1) is 18.1 Å². The minimum atomic E-state index is -0.229. The van der Waals surface area contributed by atoms with Crippen LogP contribution in [0.3, 0.4) is 0 Å². The lowest BCUT2D eigenvalue weighted by molar-refractivity contribution is -0.0528. The van der Waals surface area contributed by atoms with E-state index >= 15 is 0 Å². The SMILES string of the molecule is CCc1ncc(NC(=O)NCC2(N)C3CC4CC(C3)CC2C4)cn1. The second kappa shape index (κ2) is 5.99. The third kappa shape index (κ3) is 2.77. The predicted octanol–water partition coefficient (Wildman–Crippen LogP) is 2.31. The minimum Gasteiger partial charge on any atom is -0.336 e. The molecule has 1 aromatic rings. The third-order valence-corrected chi connectivity index (χ3v) is 6.49. The molecule has 0 saturated heterocycles. The van der Waals surface area contributed by atoms with Crippen LogP contribution >= 0.6 is 0 Å². The van der Waals surface area contributed by atoms with Crippen molar-refractivity contribution in [1.82, 2.24) is 15.3 Å². The van der Waals surface area contributed by atoms with Crippen LogP contribution in [0.25, 0.3) is 0 Å². The van der Waals surface area contributed by atoms with Crippen molar-refractivity contribution in [3.8, 4) is 0 Å². The van der Waals surface area contributed by atoms with E-state index in [1.165, 1.54) is 32.1 Å². The van der Waals surface area contributed by atoms with Crippen molar-refractivity contribution in [1.29, 1.82) is 0 Å². The number of hydrogen-bond acceptors (Lipinski definition) is 4. The summed E-state index contributed by atoms with van der Waals surface area (Å²) in [6.07, 6.45) is 10.5.